The van der Waals surface area contributed by atoms with Gasteiger partial charge < -0.3 is 18.6 Å². The molecule has 4 unspecified atom stereocenters. The number of rotatable bonds is 6. The first-order chi connectivity index (χ1) is 15.2. The number of nitriles is 1. The topological polar surface area (TPSA) is 60.7 Å². The Morgan fingerprint density at radius 3 is 2.03 bits per heavy atom. The first-order valence-corrected chi connectivity index (χ1v) is 13.2. The summed E-state index contributed by atoms with van der Waals surface area (Å²) in [6, 6.07) is 23.4. The number of hydrogen-bond donors (Lipinski definition) is 0. The Labute approximate surface area is 192 Å². The van der Waals surface area contributed by atoms with Gasteiger partial charge in [0.25, 0.3) is 8.32 Å². The normalized spacial score (nSPS) is 27.1. The van der Waals surface area contributed by atoms with Crippen molar-refractivity contribution in [3.05, 3.63) is 60.7 Å². The molecule has 4 rings (SSSR count). The van der Waals surface area contributed by atoms with E-state index in [1.807, 2.05) is 26.0 Å². The van der Waals surface area contributed by atoms with Crippen LogP contribution in [0.1, 0.15) is 41.0 Å². The van der Waals surface area contributed by atoms with Gasteiger partial charge in [-0.15, -0.1) is 0 Å². The van der Waals surface area contributed by atoms with Gasteiger partial charge in [-0.1, -0.05) is 81.4 Å². The molecule has 0 aliphatic carbocycles. The molecule has 2 aromatic rings. The Hall–Kier alpha value is -2.01. The molecule has 2 saturated heterocycles. The number of hydrogen-bond acceptors (Lipinski definition) is 5. The average molecular weight is 452 g/mol. The summed E-state index contributed by atoms with van der Waals surface area (Å²) in [5.74, 6) is -0.794. The molecule has 170 valence electrons. The molecule has 0 N–H and O–H groups in total. The van der Waals surface area contributed by atoms with E-state index in [0.29, 0.717) is 13.0 Å². The molecule has 2 heterocycles. The minimum atomic E-state index is -2.68. The van der Waals surface area contributed by atoms with Crippen LogP contribution in [-0.4, -0.2) is 39.2 Å². The molecule has 32 heavy (non-hydrogen) atoms. The molecule has 0 radical (unpaired) electrons. The van der Waals surface area contributed by atoms with Gasteiger partial charge in [0, 0.05) is 12.3 Å². The highest BCUT2D eigenvalue weighted by Gasteiger charge is 2.56. The Morgan fingerprint density at radius 2 is 1.53 bits per heavy atom. The zero-order chi connectivity index (χ0) is 23.0. The molecular formula is C26H33NO4Si. The number of nitrogens with zero attached hydrogens (tertiary/aromatic N) is 1. The molecule has 0 aromatic heterocycles. The maximum Gasteiger partial charge on any atom is 0.261 e. The fourth-order valence-electron chi connectivity index (χ4n) is 5.12. The van der Waals surface area contributed by atoms with Crippen LogP contribution in [0.25, 0.3) is 0 Å². The molecular weight excluding hydrogens is 418 g/mol. The van der Waals surface area contributed by atoms with Crippen molar-refractivity contribution in [2.24, 2.45) is 5.92 Å². The number of ether oxygens (including phenoxy) is 3. The zero-order valence-electron chi connectivity index (χ0n) is 19.6. The van der Waals surface area contributed by atoms with Gasteiger partial charge >= 0.3 is 0 Å². The second-order valence-electron chi connectivity index (χ2n) is 10.1. The van der Waals surface area contributed by atoms with Gasteiger partial charge in [0.1, 0.15) is 6.10 Å². The summed E-state index contributed by atoms with van der Waals surface area (Å²) in [7, 11) is -2.68. The van der Waals surface area contributed by atoms with Crippen LogP contribution >= 0.6 is 0 Å². The number of benzene rings is 2. The molecule has 2 fully saturated rings. The van der Waals surface area contributed by atoms with Crippen molar-refractivity contribution < 1.29 is 18.6 Å². The van der Waals surface area contributed by atoms with Crippen molar-refractivity contribution in [2.75, 3.05) is 6.61 Å². The molecule has 5 nitrogen and oxygen atoms in total. The smallest absolute Gasteiger partial charge is 0.261 e. The third kappa shape index (κ3) is 4.16. The summed E-state index contributed by atoms with van der Waals surface area (Å²) in [6.45, 7) is 10.9. The van der Waals surface area contributed by atoms with E-state index in [0.717, 1.165) is 0 Å². The Balaban J connectivity index is 1.68. The Bertz CT molecular complexity index is 912. The lowest BCUT2D eigenvalue weighted by molar-refractivity contribution is -0.212. The SMILES string of the molecule is CC1(C)OC2OC(CO[Si](c3ccccc3)(c3ccccc3)C(C)(C)C)C(CC#N)C2O1. The summed E-state index contributed by atoms with van der Waals surface area (Å²) in [4.78, 5) is 0. The zero-order valence-corrected chi connectivity index (χ0v) is 20.6. The quantitative estimate of drug-likeness (QED) is 0.622. The summed E-state index contributed by atoms with van der Waals surface area (Å²) in [5, 5.41) is 11.8. The summed E-state index contributed by atoms with van der Waals surface area (Å²) >= 11 is 0. The second kappa shape index (κ2) is 8.73. The van der Waals surface area contributed by atoms with E-state index in [1.165, 1.54) is 10.4 Å². The van der Waals surface area contributed by atoms with Crippen LogP contribution in [0.3, 0.4) is 0 Å². The lowest BCUT2D eigenvalue weighted by Gasteiger charge is -2.43. The summed E-state index contributed by atoms with van der Waals surface area (Å²) < 4.78 is 25.3. The van der Waals surface area contributed by atoms with Crippen LogP contribution in [0, 0.1) is 17.2 Å². The van der Waals surface area contributed by atoms with Crippen LogP contribution in [0.4, 0.5) is 0 Å². The van der Waals surface area contributed by atoms with E-state index in [9.17, 15) is 5.26 Å². The molecule has 0 amide bonds. The van der Waals surface area contributed by atoms with Crippen molar-refractivity contribution in [3.63, 3.8) is 0 Å². The third-order valence-corrected chi connectivity index (χ3v) is 11.5. The molecule has 0 spiro atoms. The molecule has 0 bridgehead atoms. The molecule has 0 saturated carbocycles. The van der Waals surface area contributed by atoms with Gasteiger partial charge in [0.2, 0.25) is 0 Å². The second-order valence-corrected chi connectivity index (χ2v) is 14.4. The minimum Gasteiger partial charge on any atom is -0.405 e. The van der Waals surface area contributed by atoms with Crippen molar-refractivity contribution in [2.45, 2.75) is 70.4 Å². The van der Waals surface area contributed by atoms with Crippen molar-refractivity contribution in [3.8, 4) is 6.07 Å². The summed E-state index contributed by atoms with van der Waals surface area (Å²) in [6.07, 6.45) is -0.633. The lowest BCUT2D eigenvalue weighted by atomic mass is 9.96. The summed E-state index contributed by atoms with van der Waals surface area (Å²) in [5.41, 5.74) is 0. The molecule has 2 aliphatic heterocycles. The Kier molecular flexibility index (Phi) is 6.32. The van der Waals surface area contributed by atoms with Gasteiger partial charge in [-0.25, -0.2) is 0 Å². The third-order valence-electron chi connectivity index (χ3n) is 6.50. The van der Waals surface area contributed by atoms with Gasteiger partial charge in [0.05, 0.1) is 18.8 Å². The highest BCUT2D eigenvalue weighted by Crippen LogP contribution is 2.43. The lowest BCUT2D eigenvalue weighted by Crippen LogP contribution is -2.67. The van der Waals surface area contributed by atoms with Gasteiger partial charge in [0.15, 0.2) is 12.1 Å². The van der Waals surface area contributed by atoms with Crippen molar-refractivity contribution in [1.29, 1.82) is 5.26 Å². The predicted molar refractivity (Wildman–Crippen MR) is 126 cm³/mol. The van der Waals surface area contributed by atoms with Crippen LogP contribution in [0.15, 0.2) is 60.7 Å². The van der Waals surface area contributed by atoms with Crippen LogP contribution in [0.2, 0.25) is 5.04 Å². The van der Waals surface area contributed by atoms with Crippen LogP contribution < -0.4 is 10.4 Å². The van der Waals surface area contributed by atoms with E-state index in [1.54, 1.807) is 0 Å². The van der Waals surface area contributed by atoms with Gasteiger partial charge in [-0.3, -0.25) is 0 Å². The van der Waals surface area contributed by atoms with Crippen LogP contribution in [0.5, 0.6) is 0 Å². The highest BCUT2D eigenvalue weighted by molar-refractivity contribution is 6.99. The van der Waals surface area contributed by atoms with Crippen molar-refractivity contribution >= 4 is 18.7 Å². The first-order valence-electron chi connectivity index (χ1n) is 11.3. The minimum absolute atomic E-state index is 0.0926. The fourth-order valence-corrected chi connectivity index (χ4v) is 9.69. The largest absolute Gasteiger partial charge is 0.405 e. The van der Waals surface area contributed by atoms with E-state index >= 15 is 0 Å². The number of fused-ring (bicyclic) bond motifs is 1. The monoisotopic (exact) mass is 451 g/mol. The van der Waals surface area contributed by atoms with Crippen LogP contribution in [-0.2, 0) is 18.6 Å². The predicted octanol–water partition coefficient (Wildman–Crippen LogP) is 3.97. The fraction of sp³-hybridized carbons (Fsp3) is 0.500. The molecule has 2 aromatic carbocycles. The van der Waals surface area contributed by atoms with E-state index in [2.05, 4.69) is 75.4 Å². The molecule has 4 atom stereocenters. The van der Waals surface area contributed by atoms with Gasteiger partial charge in [-0.2, -0.15) is 5.26 Å². The molecule has 2 aliphatic rings. The van der Waals surface area contributed by atoms with E-state index < -0.39 is 20.4 Å². The van der Waals surface area contributed by atoms with E-state index in [4.69, 9.17) is 18.6 Å². The van der Waals surface area contributed by atoms with Gasteiger partial charge in [-0.05, 0) is 29.3 Å². The maximum absolute atomic E-state index is 9.47. The molecule has 6 heteroatoms. The standard InChI is InChI=1S/C26H33NO4Si/c1-25(2,3)32(19-12-8-6-9-13-19,20-14-10-7-11-15-20)28-18-22-21(16-17-27)23-24(29-22)31-26(4,5)30-23/h6-15,21-24H,16,18H2,1-5H3. The maximum atomic E-state index is 9.47. The van der Waals surface area contributed by atoms with Crippen molar-refractivity contribution in [1.82, 2.24) is 0 Å². The Morgan fingerprint density at radius 1 is 0.969 bits per heavy atom. The highest BCUT2D eigenvalue weighted by atomic mass is 28.4. The average Bonchev–Trinajstić information content (AvgIpc) is 3.21. The van der Waals surface area contributed by atoms with E-state index in [-0.39, 0.29) is 23.2 Å². The first kappa shape index (κ1) is 23.2.